The second-order valence-corrected chi connectivity index (χ2v) is 4.23. The van der Waals surface area contributed by atoms with Crippen LogP contribution in [0.3, 0.4) is 0 Å². The van der Waals surface area contributed by atoms with Crippen molar-refractivity contribution in [1.29, 1.82) is 0 Å². The predicted octanol–water partition coefficient (Wildman–Crippen LogP) is 2.53. The topological polar surface area (TPSA) is 68.0 Å². The molecule has 4 nitrogen and oxygen atoms in total. The Morgan fingerprint density at radius 2 is 1.89 bits per heavy atom. The molecule has 0 spiro atoms. The van der Waals surface area contributed by atoms with E-state index in [1.165, 1.54) is 6.20 Å². The highest BCUT2D eigenvalue weighted by atomic mass is 16.1. The molecule has 0 atom stereocenters. The first-order valence-corrected chi connectivity index (χ1v) is 5.66. The van der Waals surface area contributed by atoms with Gasteiger partial charge in [-0.15, -0.1) is 0 Å². The standard InChI is InChI=1S/C14H15N3O/c1-9-3-5-11(6-4-9)17-14(18)12-8-16-10(2)7-13(12)15/h3-8H,1-2H3,(H2,15,16)(H,17,18). The Balaban J connectivity index is 2.19. The van der Waals surface area contributed by atoms with Crippen molar-refractivity contribution in [1.82, 2.24) is 4.98 Å². The molecule has 0 aliphatic carbocycles. The fourth-order valence-electron chi connectivity index (χ4n) is 1.61. The van der Waals surface area contributed by atoms with Crippen LogP contribution in [0.25, 0.3) is 0 Å². The number of amides is 1. The minimum atomic E-state index is -0.246. The number of nitrogen functional groups attached to an aromatic ring is 1. The number of carbonyl (C=O) groups is 1. The number of rotatable bonds is 2. The third-order valence-electron chi connectivity index (χ3n) is 2.63. The van der Waals surface area contributed by atoms with Gasteiger partial charge in [0.05, 0.1) is 5.56 Å². The van der Waals surface area contributed by atoms with E-state index in [4.69, 9.17) is 5.73 Å². The summed E-state index contributed by atoms with van der Waals surface area (Å²) in [6.07, 6.45) is 1.49. The number of benzene rings is 1. The maximum atomic E-state index is 12.0. The molecule has 0 aliphatic heterocycles. The summed E-state index contributed by atoms with van der Waals surface area (Å²) >= 11 is 0. The molecule has 18 heavy (non-hydrogen) atoms. The second-order valence-electron chi connectivity index (χ2n) is 4.23. The lowest BCUT2D eigenvalue weighted by atomic mass is 10.2. The van der Waals surface area contributed by atoms with Gasteiger partial charge in [-0.2, -0.15) is 0 Å². The number of hydrogen-bond acceptors (Lipinski definition) is 3. The summed E-state index contributed by atoms with van der Waals surface area (Å²) in [5.74, 6) is -0.246. The number of aryl methyl sites for hydroxylation is 2. The number of nitrogens with two attached hydrogens (primary N) is 1. The van der Waals surface area contributed by atoms with Crippen LogP contribution in [0.4, 0.5) is 11.4 Å². The maximum absolute atomic E-state index is 12.0. The zero-order chi connectivity index (χ0) is 13.1. The molecule has 0 aliphatic rings. The Morgan fingerprint density at radius 3 is 2.50 bits per heavy atom. The fraction of sp³-hybridized carbons (Fsp3) is 0.143. The number of pyridine rings is 1. The summed E-state index contributed by atoms with van der Waals surface area (Å²) in [7, 11) is 0. The van der Waals surface area contributed by atoms with Gasteiger partial charge in [-0.25, -0.2) is 0 Å². The third-order valence-corrected chi connectivity index (χ3v) is 2.63. The average molecular weight is 241 g/mol. The van der Waals surface area contributed by atoms with Crippen LogP contribution < -0.4 is 11.1 Å². The molecule has 1 aromatic heterocycles. The molecule has 1 heterocycles. The van der Waals surface area contributed by atoms with Crippen molar-refractivity contribution in [2.24, 2.45) is 0 Å². The van der Waals surface area contributed by atoms with E-state index in [1.54, 1.807) is 6.07 Å². The van der Waals surface area contributed by atoms with Crippen LogP contribution in [0.1, 0.15) is 21.6 Å². The summed E-state index contributed by atoms with van der Waals surface area (Å²) < 4.78 is 0. The Kier molecular flexibility index (Phi) is 3.28. The lowest BCUT2D eigenvalue weighted by Gasteiger charge is -2.07. The van der Waals surface area contributed by atoms with E-state index in [9.17, 15) is 4.79 Å². The van der Waals surface area contributed by atoms with E-state index in [1.807, 2.05) is 38.1 Å². The van der Waals surface area contributed by atoms with Crippen LogP contribution in [0, 0.1) is 13.8 Å². The first kappa shape index (κ1) is 12.1. The van der Waals surface area contributed by atoms with Crippen molar-refractivity contribution in [3.05, 3.63) is 53.3 Å². The fourth-order valence-corrected chi connectivity index (χ4v) is 1.61. The van der Waals surface area contributed by atoms with Crippen molar-refractivity contribution < 1.29 is 4.79 Å². The van der Waals surface area contributed by atoms with Gasteiger partial charge in [0.15, 0.2) is 0 Å². The maximum Gasteiger partial charge on any atom is 0.259 e. The SMILES string of the molecule is Cc1ccc(NC(=O)c2cnc(C)cc2N)cc1. The highest BCUT2D eigenvalue weighted by Gasteiger charge is 2.10. The lowest BCUT2D eigenvalue weighted by Crippen LogP contribution is -2.14. The van der Waals surface area contributed by atoms with Gasteiger partial charge in [-0.3, -0.25) is 9.78 Å². The van der Waals surface area contributed by atoms with E-state index in [0.717, 1.165) is 16.9 Å². The molecule has 3 N–H and O–H groups in total. The van der Waals surface area contributed by atoms with Gasteiger partial charge in [0.25, 0.3) is 5.91 Å². The first-order valence-electron chi connectivity index (χ1n) is 5.66. The summed E-state index contributed by atoms with van der Waals surface area (Å²) in [5.41, 5.74) is 9.30. The predicted molar refractivity (Wildman–Crippen MR) is 72.5 cm³/mol. The van der Waals surface area contributed by atoms with E-state index < -0.39 is 0 Å². The Labute approximate surface area is 106 Å². The largest absolute Gasteiger partial charge is 0.398 e. The molecule has 0 saturated carbocycles. The number of anilines is 2. The molecule has 0 unspecified atom stereocenters. The summed E-state index contributed by atoms with van der Waals surface area (Å²) in [6.45, 7) is 3.82. The molecule has 0 fully saturated rings. The van der Waals surface area contributed by atoms with Crippen molar-refractivity contribution in [2.45, 2.75) is 13.8 Å². The van der Waals surface area contributed by atoms with E-state index in [-0.39, 0.29) is 5.91 Å². The Morgan fingerprint density at radius 1 is 1.22 bits per heavy atom. The van der Waals surface area contributed by atoms with Crippen LogP contribution in [-0.2, 0) is 0 Å². The zero-order valence-electron chi connectivity index (χ0n) is 10.4. The quantitative estimate of drug-likeness (QED) is 0.849. The van der Waals surface area contributed by atoms with Gasteiger partial charge in [-0.1, -0.05) is 17.7 Å². The van der Waals surface area contributed by atoms with E-state index in [0.29, 0.717) is 11.3 Å². The van der Waals surface area contributed by atoms with Gasteiger partial charge < -0.3 is 11.1 Å². The number of nitrogens with zero attached hydrogens (tertiary/aromatic N) is 1. The Bertz CT molecular complexity index is 576. The number of nitrogens with one attached hydrogen (secondary N) is 1. The van der Waals surface area contributed by atoms with Crippen molar-refractivity contribution in [3.63, 3.8) is 0 Å². The zero-order valence-corrected chi connectivity index (χ0v) is 10.4. The van der Waals surface area contributed by atoms with Gasteiger partial charge in [0.2, 0.25) is 0 Å². The molecule has 0 bridgehead atoms. The van der Waals surface area contributed by atoms with Gasteiger partial charge >= 0.3 is 0 Å². The molecular weight excluding hydrogens is 226 g/mol. The third kappa shape index (κ3) is 2.66. The molecule has 92 valence electrons. The van der Waals surface area contributed by atoms with Gasteiger partial charge in [0.1, 0.15) is 0 Å². The van der Waals surface area contributed by atoms with Crippen LogP contribution in [0.2, 0.25) is 0 Å². The molecule has 0 saturated heterocycles. The number of carbonyl (C=O) groups excluding carboxylic acids is 1. The molecule has 0 radical (unpaired) electrons. The van der Waals surface area contributed by atoms with Crippen molar-refractivity contribution in [3.8, 4) is 0 Å². The molecule has 4 heteroatoms. The van der Waals surface area contributed by atoms with Crippen molar-refractivity contribution >= 4 is 17.3 Å². The summed E-state index contributed by atoms with van der Waals surface area (Å²) in [6, 6.07) is 9.26. The summed E-state index contributed by atoms with van der Waals surface area (Å²) in [4.78, 5) is 16.1. The monoisotopic (exact) mass is 241 g/mol. The smallest absolute Gasteiger partial charge is 0.259 e. The van der Waals surface area contributed by atoms with Crippen LogP contribution in [-0.4, -0.2) is 10.9 Å². The minimum Gasteiger partial charge on any atom is -0.398 e. The molecular formula is C14H15N3O. The number of aromatic nitrogens is 1. The van der Waals surface area contributed by atoms with E-state index in [2.05, 4.69) is 10.3 Å². The highest BCUT2D eigenvalue weighted by Crippen LogP contribution is 2.15. The van der Waals surface area contributed by atoms with Crippen LogP contribution in [0.5, 0.6) is 0 Å². The summed E-state index contributed by atoms with van der Waals surface area (Å²) in [5, 5.41) is 2.79. The molecule has 2 aromatic rings. The number of hydrogen-bond donors (Lipinski definition) is 2. The first-order chi connectivity index (χ1) is 8.56. The van der Waals surface area contributed by atoms with Crippen LogP contribution in [0.15, 0.2) is 36.5 Å². The molecule has 1 aromatic carbocycles. The molecule has 2 rings (SSSR count). The Hall–Kier alpha value is -2.36. The highest BCUT2D eigenvalue weighted by molar-refractivity contribution is 6.07. The van der Waals surface area contributed by atoms with E-state index >= 15 is 0 Å². The second kappa shape index (κ2) is 4.87. The lowest BCUT2D eigenvalue weighted by molar-refractivity contribution is 0.102. The van der Waals surface area contributed by atoms with Crippen LogP contribution >= 0.6 is 0 Å². The van der Waals surface area contributed by atoms with Gasteiger partial charge in [0, 0.05) is 23.3 Å². The van der Waals surface area contributed by atoms with Gasteiger partial charge in [-0.05, 0) is 32.0 Å². The minimum absolute atomic E-state index is 0.246. The average Bonchev–Trinajstić information content (AvgIpc) is 2.32. The normalized spacial score (nSPS) is 10.1. The molecule has 1 amide bonds. The van der Waals surface area contributed by atoms with Crippen molar-refractivity contribution in [2.75, 3.05) is 11.1 Å².